The van der Waals surface area contributed by atoms with Crippen molar-refractivity contribution < 1.29 is 23.5 Å². The number of rotatable bonds is 9. The van der Waals surface area contributed by atoms with E-state index >= 15 is 0 Å². The molecule has 0 saturated carbocycles. The van der Waals surface area contributed by atoms with Crippen LogP contribution in [0.1, 0.15) is 35.6 Å². The summed E-state index contributed by atoms with van der Waals surface area (Å²) >= 11 is 0. The highest BCUT2D eigenvalue weighted by atomic mass is 19.1. The van der Waals surface area contributed by atoms with Gasteiger partial charge in [0, 0.05) is 30.8 Å². The number of morpholine rings is 1. The number of amides is 2. The van der Waals surface area contributed by atoms with Gasteiger partial charge in [0.2, 0.25) is 5.91 Å². The molecule has 1 saturated heterocycles. The van der Waals surface area contributed by atoms with E-state index in [0.717, 1.165) is 5.56 Å². The van der Waals surface area contributed by atoms with Crippen LogP contribution >= 0.6 is 0 Å². The van der Waals surface area contributed by atoms with Gasteiger partial charge in [-0.3, -0.25) is 20.0 Å². The number of nitrogens with zero attached hydrogens (tertiary/aromatic N) is 3. The third-order valence-corrected chi connectivity index (χ3v) is 8.27. The maximum Gasteiger partial charge on any atom is 0.409 e. The Bertz CT molecular complexity index is 1460. The van der Waals surface area contributed by atoms with Crippen molar-refractivity contribution in [3.63, 3.8) is 0 Å². The van der Waals surface area contributed by atoms with E-state index in [-0.39, 0.29) is 18.6 Å². The zero-order chi connectivity index (χ0) is 30.5. The fraction of sp³-hybridized carbons (Fsp3) is 0.344. The summed E-state index contributed by atoms with van der Waals surface area (Å²) < 4.78 is 25.2. The second-order valence-corrected chi connectivity index (χ2v) is 10.6. The van der Waals surface area contributed by atoms with Gasteiger partial charge in [-0.1, -0.05) is 73.7 Å². The number of hydrogen-bond acceptors (Lipinski definition) is 8. The van der Waals surface area contributed by atoms with E-state index in [1.165, 1.54) is 24.3 Å². The topological polar surface area (TPSA) is 133 Å². The maximum absolute atomic E-state index is 14.5. The zero-order valence-corrected chi connectivity index (χ0v) is 24.0. The Morgan fingerprint density at radius 1 is 1.07 bits per heavy atom. The molecule has 2 aliphatic heterocycles. The first-order chi connectivity index (χ1) is 20.8. The Hall–Kier alpha value is -4.16. The molecular formula is C32H35FN5O5-. The normalized spacial score (nSPS) is 20.7. The lowest BCUT2D eigenvalue weighted by molar-refractivity contribution is -0.132. The molecule has 3 N–H and O–H groups in total. The number of nitrogens with one attached hydrogen (secondary N) is 1. The molecule has 2 atom stereocenters. The highest BCUT2D eigenvalue weighted by Gasteiger charge is 2.60. The molecule has 3 aromatic rings. The van der Waals surface area contributed by atoms with Crippen LogP contribution in [0.15, 0.2) is 83.9 Å². The zero-order valence-electron chi connectivity index (χ0n) is 24.0. The average molecular weight is 589 g/mol. The minimum Gasteiger partial charge on any atom is -0.782 e. The number of carbonyl (C=O) groups is 2. The number of benzene rings is 3. The van der Waals surface area contributed by atoms with Gasteiger partial charge >= 0.3 is 6.09 Å². The van der Waals surface area contributed by atoms with Crippen LogP contribution < -0.4 is 11.1 Å². The molecule has 2 aliphatic rings. The van der Waals surface area contributed by atoms with Crippen LogP contribution in [-0.4, -0.2) is 67.2 Å². The van der Waals surface area contributed by atoms with Gasteiger partial charge in [-0.25, -0.2) is 9.18 Å². The Balaban J connectivity index is 1.68. The van der Waals surface area contributed by atoms with Gasteiger partial charge in [-0.05, 0) is 29.7 Å². The van der Waals surface area contributed by atoms with Crippen molar-refractivity contribution in [2.45, 2.75) is 31.0 Å². The van der Waals surface area contributed by atoms with Crippen molar-refractivity contribution >= 4 is 17.7 Å². The monoisotopic (exact) mass is 588 g/mol. The van der Waals surface area contributed by atoms with Crippen LogP contribution in [0.25, 0.3) is 0 Å². The van der Waals surface area contributed by atoms with Crippen LogP contribution in [-0.2, 0) is 32.0 Å². The van der Waals surface area contributed by atoms with E-state index in [1.54, 1.807) is 31.2 Å². The molecular weight excluding hydrogens is 553 g/mol. The highest BCUT2D eigenvalue weighted by Crippen LogP contribution is 2.49. The third-order valence-electron chi connectivity index (χ3n) is 8.27. The third kappa shape index (κ3) is 5.76. The Kier molecular flexibility index (Phi) is 9.16. The van der Waals surface area contributed by atoms with Crippen LogP contribution in [0.3, 0.4) is 0 Å². The molecule has 5 rings (SSSR count). The first kappa shape index (κ1) is 30.3. The van der Waals surface area contributed by atoms with Gasteiger partial charge in [0.05, 0.1) is 25.6 Å². The second-order valence-electron chi connectivity index (χ2n) is 10.6. The van der Waals surface area contributed by atoms with Crippen molar-refractivity contribution in [3.05, 3.63) is 112 Å². The number of ether oxygens (including phenoxy) is 2. The largest absolute Gasteiger partial charge is 0.782 e. The predicted molar refractivity (Wildman–Crippen MR) is 159 cm³/mol. The van der Waals surface area contributed by atoms with Gasteiger partial charge in [0.1, 0.15) is 23.5 Å². The van der Waals surface area contributed by atoms with Crippen molar-refractivity contribution in [1.29, 1.82) is 0 Å². The number of halogens is 1. The van der Waals surface area contributed by atoms with Crippen LogP contribution in [0.2, 0.25) is 0 Å². The number of carbonyl (C=O) groups excluding carboxylic acids is 2. The molecule has 1 fully saturated rings. The predicted octanol–water partition coefficient (Wildman–Crippen LogP) is 3.63. The summed E-state index contributed by atoms with van der Waals surface area (Å²) in [5.41, 5.74) is 4.75. The molecule has 10 nitrogen and oxygen atoms in total. The Labute approximate surface area is 249 Å². The van der Waals surface area contributed by atoms with Gasteiger partial charge < -0.3 is 25.5 Å². The molecule has 0 spiro atoms. The number of nitrogens with two attached hydrogens (primary N) is 1. The van der Waals surface area contributed by atoms with Crippen molar-refractivity contribution in [3.8, 4) is 0 Å². The van der Waals surface area contributed by atoms with Crippen molar-refractivity contribution in [2.75, 3.05) is 39.5 Å². The Morgan fingerprint density at radius 3 is 2.42 bits per heavy atom. The smallest absolute Gasteiger partial charge is 0.409 e. The minimum absolute atomic E-state index is 0.0151. The minimum atomic E-state index is -2.12. The molecule has 11 heteroatoms. The van der Waals surface area contributed by atoms with E-state index in [4.69, 9.17) is 20.2 Å². The summed E-state index contributed by atoms with van der Waals surface area (Å²) in [4.78, 5) is 34.3. The number of aliphatic imine (C=N–C) groups is 1. The first-order valence-corrected chi connectivity index (χ1v) is 14.2. The molecule has 226 valence electrons. The fourth-order valence-corrected chi connectivity index (χ4v) is 6.12. The van der Waals surface area contributed by atoms with Crippen LogP contribution in [0, 0.1) is 11.0 Å². The first-order valence-electron chi connectivity index (χ1n) is 14.2. The molecule has 0 bridgehead atoms. The molecule has 0 aliphatic carbocycles. The molecule has 2 amide bonds. The van der Waals surface area contributed by atoms with E-state index in [0.29, 0.717) is 54.7 Å². The van der Waals surface area contributed by atoms with E-state index in [9.17, 15) is 19.2 Å². The lowest BCUT2D eigenvalue weighted by Crippen LogP contribution is -2.71. The standard InChI is InChI=1S/C32H35FN5O5/c1-2-31(29(34)39,24-12-14-25(33)15-13-24)32(36-30(40)43-21-23-8-4-3-5-9-23)27-11-7-6-10-26(27)28(35-22-38(32)41)20-37-16-18-42-19-17-37/h3-15H,2,16-22H2,1H3,(H2,34,39)(H,36,40)/q-1. The molecule has 0 radical (unpaired) electrons. The molecule has 3 aromatic carbocycles. The molecule has 43 heavy (non-hydrogen) atoms. The lowest BCUT2D eigenvalue weighted by Gasteiger charge is -2.57. The maximum atomic E-state index is 14.5. The lowest BCUT2D eigenvalue weighted by atomic mass is 9.63. The number of hydrogen-bond donors (Lipinski definition) is 2. The van der Waals surface area contributed by atoms with E-state index in [2.05, 4.69) is 10.2 Å². The second kappa shape index (κ2) is 13.0. The molecule has 2 unspecified atom stereocenters. The van der Waals surface area contributed by atoms with Gasteiger partial charge in [0.25, 0.3) is 0 Å². The van der Waals surface area contributed by atoms with E-state index < -0.39 is 35.6 Å². The number of fused-ring (bicyclic) bond motifs is 1. The quantitative estimate of drug-likeness (QED) is 0.390. The summed E-state index contributed by atoms with van der Waals surface area (Å²) in [5.74, 6) is -1.41. The number of primary amides is 1. The van der Waals surface area contributed by atoms with Crippen molar-refractivity contribution in [2.24, 2.45) is 10.7 Å². The molecule has 2 heterocycles. The Morgan fingerprint density at radius 2 is 1.74 bits per heavy atom. The highest BCUT2D eigenvalue weighted by molar-refractivity contribution is 6.04. The van der Waals surface area contributed by atoms with E-state index in [1.807, 2.05) is 30.3 Å². The van der Waals surface area contributed by atoms with Crippen LogP contribution in [0.4, 0.5) is 9.18 Å². The summed E-state index contributed by atoms with van der Waals surface area (Å²) in [6.45, 7) is 4.16. The van der Waals surface area contributed by atoms with Gasteiger partial charge in [0.15, 0.2) is 0 Å². The number of hydroxylamine groups is 2. The number of alkyl carbamates (subject to hydrolysis) is 1. The average Bonchev–Trinajstić information content (AvgIpc) is 3.14. The SMILES string of the molecule is CCC(C(N)=O)(c1ccc(F)cc1)C1(NC(=O)OCc2ccccc2)c2ccccc2C(CN2CCOCC2)=NCN1[O-]. The fourth-order valence-electron chi connectivity index (χ4n) is 6.12. The van der Waals surface area contributed by atoms with Gasteiger partial charge in [-0.15, -0.1) is 0 Å². The summed E-state index contributed by atoms with van der Waals surface area (Å²) in [7, 11) is 0. The van der Waals surface area contributed by atoms with Crippen LogP contribution in [0.5, 0.6) is 0 Å². The summed E-state index contributed by atoms with van der Waals surface area (Å²) in [6.07, 6.45) is -0.948. The summed E-state index contributed by atoms with van der Waals surface area (Å²) in [6, 6.07) is 21.3. The molecule has 0 aromatic heterocycles. The summed E-state index contributed by atoms with van der Waals surface area (Å²) in [5, 5.41) is 17.9. The van der Waals surface area contributed by atoms with Crippen molar-refractivity contribution in [1.82, 2.24) is 15.3 Å². The van der Waals surface area contributed by atoms with Gasteiger partial charge in [-0.2, -0.15) is 0 Å².